The topological polar surface area (TPSA) is 102 Å². The zero-order valence-corrected chi connectivity index (χ0v) is 17.4. The summed E-state index contributed by atoms with van der Waals surface area (Å²) in [5.41, 5.74) is 1.35. The highest BCUT2D eigenvalue weighted by molar-refractivity contribution is 7.89. The quantitative estimate of drug-likeness (QED) is 0.673. The monoisotopic (exact) mass is 439 g/mol. The first-order valence-corrected chi connectivity index (χ1v) is 11.5. The molecule has 5 rings (SSSR count). The van der Waals surface area contributed by atoms with Crippen LogP contribution in [0, 0.1) is 5.92 Å². The van der Waals surface area contributed by atoms with Crippen LogP contribution >= 0.6 is 0 Å². The molecule has 4 heterocycles. The Kier molecular flexibility index (Phi) is 4.79. The third-order valence-corrected chi connectivity index (χ3v) is 7.79. The zero-order valence-electron chi connectivity index (χ0n) is 16.6. The summed E-state index contributed by atoms with van der Waals surface area (Å²) in [5, 5.41) is 2.68. The van der Waals surface area contributed by atoms with E-state index in [1.54, 1.807) is 41.0 Å². The number of anilines is 1. The minimum Gasteiger partial charge on any atom is -0.459 e. The van der Waals surface area contributed by atoms with Crippen LogP contribution in [0.5, 0.6) is 0 Å². The van der Waals surface area contributed by atoms with Crippen molar-refractivity contribution in [3.05, 3.63) is 82.7 Å². The first-order chi connectivity index (χ1) is 14.9. The fourth-order valence-corrected chi connectivity index (χ4v) is 6.07. The van der Waals surface area contributed by atoms with Gasteiger partial charge in [-0.25, -0.2) is 8.42 Å². The molecule has 2 aromatic heterocycles. The van der Waals surface area contributed by atoms with Crippen LogP contribution in [0.1, 0.15) is 28.6 Å². The van der Waals surface area contributed by atoms with Gasteiger partial charge in [-0.3, -0.25) is 9.59 Å². The predicted molar refractivity (Wildman–Crippen MR) is 113 cm³/mol. The molecule has 2 aliphatic heterocycles. The third kappa shape index (κ3) is 3.60. The maximum atomic E-state index is 13.3. The largest absolute Gasteiger partial charge is 0.459 e. The van der Waals surface area contributed by atoms with Crippen LogP contribution in [0.3, 0.4) is 0 Å². The van der Waals surface area contributed by atoms with E-state index in [0.717, 1.165) is 12.1 Å². The zero-order chi connectivity index (χ0) is 21.6. The fraction of sp³-hybridized carbons (Fsp3) is 0.273. The predicted octanol–water partition coefficient (Wildman–Crippen LogP) is 2.50. The number of nitrogens with one attached hydrogen (secondary N) is 1. The van der Waals surface area contributed by atoms with Gasteiger partial charge in [0.05, 0.1) is 11.2 Å². The molecule has 0 unspecified atom stereocenters. The first kappa shape index (κ1) is 19.8. The van der Waals surface area contributed by atoms with Crippen molar-refractivity contribution in [3.63, 3.8) is 0 Å². The van der Waals surface area contributed by atoms with Gasteiger partial charge in [-0.05, 0) is 54.8 Å². The number of sulfonamides is 1. The Morgan fingerprint density at radius 1 is 1.00 bits per heavy atom. The number of carbonyl (C=O) groups excluding carboxylic acids is 1. The van der Waals surface area contributed by atoms with Crippen LogP contribution < -0.4 is 10.9 Å². The van der Waals surface area contributed by atoms with Gasteiger partial charge >= 0.3 is 0 Å². The molecule has 0 radical (unpaired) electrons. The van der Waals surface area contributed by atoms with Crippen molar-refractivity contribution >= 4 is 21.6 Å². The van der Waals surface area contributed by atoms with E-state index in [2.05, 4.69) is 5.32 Å². The second-order valence-electron chi connectivity index (χ2n) is 7.98. The Morgan fingerprint density at radius 2 is 1.81 bits per heavy atom. The standard InChI is InChI=1S/C22H21N3O5S/c26-21-5-1-3-19-16-11-15(13-25(19)21)12-24(14-16)31(28,29)18-8-6-17(7-9-18)23-22(27)20-4-2-10-30-20/h1-10,15-16H,11-14H2,(H,23,27)/t15-,16-/m1/s1. The number of rotatable bonds is 4. The van der Waals surface area contributed by atoms with E-state index in [1.165, 1.54) is 22.7 Å². The molecule has 1 saturated heterocycles. The smallest absolute Gasteiger partial charge is 0.291 e. The maximum Gasteiger partial charge on any atom is 0.291 e. The molecule has 0 aliphatic carbocycles. The Bertz CT molecular complexity index is 1280. The van der Waals surface area contributed by atoms with Crippen LogP contribution in [-0.4, -0.2) is 36.3 Å². The number of benzene rings is 1. The number of nitrogens with zero attached hydrogens (tertiary/aromatic N) is 2. The molecule has 9 heteroatoms. The van der Waals surface area contributed by atoms with Crippen molar-refractivity contribution in [2.75, 3.05) is 18.4 Å². The summed E-state index contributed by atoms with van der Waals surface area (Å²) in [4.78, 5) is 24.4. The van der Waals surface area contributed by atoms with Crippen LogP contribution in [0.15, 0.2) is 75.0 Å². The Hall–Kier alpha value is -3.17. The maximum absolute atomic E-state index is 13.3. The molecule has 8 nitrogen and oxygen atoms in total. The van der Waals surface area contributed by atoms with Gasteiger partial charge in [-0.1, -0.05) is 6.07 Å². The summed E-state index contributed by atoms with van der Waals surface area (Å²) in [6.45, 7) is 1.27. The number of pyridine rings is 1. The van der Waals surface area contributed by atoms with Gasteiger partial charge in [0.25, 0.3) is 11.5 Å². The van der Waals surface area contributed by atoms with Crippen molar-refractivity contribution in [1.29, 1.82) is 0 Å². The van der Waals surface area contributed by atoms with E-state index in [-0.39, 0.29) is 28.1 Å². The Labute approximate surface area is 179 Å². The van der Waals surface area contributed by atoms with E-state index in [9.17, 15) is 18.0 Å². The summed E-state index contributed by atoms with van der Waals surface area (Å²) in [7, 11) is -3.69. The molecule has 1 N–H and O–H groups in total. The van der Waals surface area contributed by atoms with E-state index < -0.39 is 15.9 Å². The van der Waals surface area contributed by atoms with Gasteiger partial charge in [-0.2, -0.15) is 4.31 Å². The molecule has 1 amide bonds. The van der Waals surface area contributed by atoms with E-state index in [1.807, 2.05) is 6.07 Å². The van der Waals surface area contributed by atoms with E-state index >= 15 is 0 Å². The minimum atomic E-state index is -3.69. The molecule has 31 heavy (non-hydrogen) atoms. The number of hydrogen-bond donors (Lipinski definition) is 1. The molecular formula is C22H21N3O5S. The summed E-state index contributed by atoms with van der Waals surface area (Å²) >= 11 is 0. The molecule has 2 bridgehead atoms. The first-order valence-electron chi connectivity index (χ1n) is 10.1. The molecule has 2 atom stereocenters. The van der Waals surface area contributed by atoms with E-state index in [0.29, 0.717) is 25.3 Å². The van der Waals surface area contributed by atoms with Crippen molar-refractivity contribution in [1.82, 2.24) is 8.87 Å². The van der Waals surface area contributed by atoms with Gasteiger partial charge < -0.3 is 14.3 Å². The molecule has 3 aromatic rings. The van der Waals surface area contributed by atoms with Crippen molar-refractivity contribution in [2.24, 2.45) is 5.92 Å². The van der Waals surface area contributed by atoms with Crippen LogP contribution in [0.2, 0.25) is 0 Å². The summed E-state index contributed by atoms with van der Waals surface area (Å²) in [6.07, 6.45) is 2.29. The van der Waals surface area contributed by atoms with Gasteiger partial charge in [0, 0.05) is 43.0 Å². The van der Waals surface area contributed by atoms with Crippen molar-refractivity contribution in [2.45, 2.75) is 23.8 Å². The SMILES string of the molecule is O=C(Nc1ccc(S(=O)(=O)N2C[C@H]3C[C@H](C2)c2cccc(=O)n2C3)cc1)c1ccco1. The normalized spacial score (nSPS) is 20.8. The summed E-state index contributed by atoms with van der Waals surface area (Å²) < 4.78 is 34.9. The lowest BCUT2D eigenvalue weighted by atomic mass is 9.84. The highest BCUT2D eigenvalue weighted by Crippen LogP contribution is 2.37. The third-order valence-electron chi connectivity index (χ3n) is 5.94. The molecule has 0 saturated carbocycles. The Morgan fingerprint density at radius 3 is 2.55 bits per heavy atom. The van der Waals surface area contributed by atoms with Crippen molar-refractivity contribution < 1.29 is 17.6 Å². The molecular weight excluding hydrogens is 418 g/mol. The number of carbonyl (C=O) groups is 1. The second kappa shape index (κ2) is 7.51. The average Bonchev–Trinajstić information content (AvgIpc) is 3.30. The second-order valence-corrected chi connectivity index (χ2v) is 9.91. The minimum absolute atomic E-state index is 0.00281. The highest BCUT2D eigenvalue weighted by atomic mass is 32.2. The lowest BCUT2D eigenvalue weighted by Crippen LogP contribution is -2.48. The highest BCUT2D eigenvalue weighted by Gasteiger charge is 2.39. The lowest BCUT2D eigenvalue weighted by molar-refractivity contribution is 0.0996. The molecule has 0 spiro atoms. The summed E-state index contributed by atoms with van der Waals surface area (Å²) in [6, 6.07) is 14.5. The Balaban J connectivity index is 1.35. The molecule has 160 valence electrons. The number of fused-ring (bicyclic) bond motifs is 4. The summed E-state index contributed by atoms with van der Waals surface area (Å²) in [5.74, 6) is -0.120. The number of aromatic nitrogens is 1. The molecule has 2 aliphatic rings. The number of amides is 1. The number of hydrogen-bond acceptors (Lipinski definition) is 5. The fourth-order valence-electron chi connectivity index (χ4n) is 4.51. The van der Waals surface area contributed by atoms with Crippen LogP contribution in [-0.2, 0) is 16.6 Å². The lowest BCUT2D eigenvalue weighted by Gasteiger charge is -2.42. The van der Waals surface area contributed by atoms with Gasteiger partial charge in [0.1, 0.15) is 0 Å². The van der Waals surface area contributed by atoms with Gasteiger partial charge in [-0.15, -0.1) is 0 Å². The molecule has 1 fully saturated rings. The number of piperidine rings is 1. The van der Waals surface area contributed by atoms with Gasteiger partial charge in [0.15, 0.2) is 5.76 Å². The van der Waals surface area contributed by atoms with Crippen LogP contribution in [0.4, 0.5) is 5.69 Å². The van der Waals surface area contributed by atoms with Crippen molar-refractivity contribution in [3.8, 4) is 0 Å². The van der Waals surface area contributed by atoms with E-state index in [4.69, 9.17) is 4.42 Å². The number of furan rings is 1. The van der Waals surface area contributed by atoms with Crippen LogP contribution in [0.25, 0.3) is 0 Å². The average molecular weight is 439 g/mol. The molecule has 1 aromatic carbocycles. The van der Waals surface area contributed by atoms with Gasteiger partial charge in [0.2, 0.25) is 10.0 Å².